The molecule has 0 aliphatic heterocycles. The molecule has 0 saturated heterocycles. The number of aromatic nitrogens is 3. The number of halogens is 4. The molecule has 0 saturated carbocycles. The second-order valence-corrected chi connectivity index (χ2v) is 8.01. The van der Waals surface area contributed by atoms with Crippen LogP contribution in [0.4, 0.5) is 17.6 Å². The zero-order chi connectivity index (χ0) is 21.4. The molecule has 0 spiro atoms. The van der Waals surface area contributed by atoms with Gasteiger partial charge in [0, 0.05) is 19.3 Å². The van der Waals surface area contributed by atoms with E-state index in [1.54, 1.807) is 6.92 Å². The second kappa shape index (κ2) is 7.71. The van der Waals surface area contributed by atoms with Crippen LogP contribution in [0.5, 0.6) is 0 Å². The van der Waals surface area contributed by atoms with Gasteiger partial charge in [-0.15, -0.1) is 0 Å². The molecule has 2 heterocycles. The van der Waals surface area contributed by atoms with Gasteiger partial charge in [0.1, 0.15) is 11.9 Å². The minimum absolute atomic E-state index is 0.132. The Morgan fingerprint density at radius 3 is 2.34 bits per heavy atom. The number of benzene rings is 1. The molecule has 0 fully saturated rings. The zero-order valence-corrected chi connectivity index (χ0v) is 16.4. The molecule has 0 amide bonds. The van der Waals surface area contributed by atoms with E-state index in [0.29, 0.717) is 4.31 Å². The summed E-state index contributed by atoms with van der Waals surface area (Å²) in [6, 6.07) is 4.02. The minimum Gasteiger partial charge on any atom is -0.246 e. The van der Waals surface area contributed by atoms with Gasteiger partial charge >= 0.3 is 6.18 Å². The number of fused-ring (bicyclic) bond motifs is 1. The van der Waals surface area contributed by atoms with Crippen LogP contribution in [-0.2, 0) is 16.6 Å². The number of rotatable bonds is 6. The van der Waals surface area contributed by atoms with Crippen LogP contribution >= 0.6 is 0 Å². The monoisotopic (exact) mass is 430 g/mol. The quantitative estimate of drug-likeness (QED) is 0.556. The van der Waals surface area contributed by atoms with Gasteiger partial charge in [-0.1, -0.05) is 19.1 Å². The molecule has 1 aromatic carbocycles. The molecular formula is C18H18F4N4O2S. The lowest BCUT2D eigenvalue weighted by atomic mass is 10.1. The molecule has 0 N–H and O–H groups in total. The molecule has 29 heavy (non-hydrogen) atoms. The molecule has 6 nitrogen and oxygen atoms in total. The standard InChI is InChI=1S/C18H18F4N4O2S/c1-3-25-16-14(6-5-11-23-16)17(24-25)29(27,28)26(4-2)15(18(20,21)22)12-7-9-13(19)10-8-12/h5-11,15H,3-4H2,1-2H3. The normalized spacial score (nSPS) is 13.9. The van der Waals surface area contributed by atoms with Crippen molar-refractivity contribution in [2.45, 2.75) is 37.6 Å². The van der Waals surface area contributed by atoms with E-state index in [1.165, 1.54) is 29.9 Å². The Labute approximate surface area is 164 Å². The molecule has 0 radical (unpaired) electrons. The van der Waals surface area contributed by atoms with Crippen molar-refractivity contribution in [1.82, 2.24) is 19.1 Å². The van der Waals surface area contributed by atoms with Crippen molar-refractivity contribution in [1.29, 1.82) is 0 Å². The molecule has 1 unspecified atom stereocenters. The molecular weight excluding hydrogens is 412 g/mol. The number of hydrogen-bond acceptors (Lipinski definition) is 4. The fourth-order valence-electron chi connectivity index (χ4n) is 3.16. The van der Waals surface area contributed by atoms with Crippen molar-refractivity contribution in [3.63, 3.8) is 0 Å². The summed E-state index contributed by atoms with van der Waals surface area (Å²) in [7, 11) is -4.66. The third kappa shape index (κ3) is 3.84. The smallest absolute Gasteiger partial charge is 0.246 e. The predicted octanol–water partition coefficient (Wildman–Crippen LogP) is 3.90. The number of hydrogen-bond donors (Lipinski definition) is 0. The fraction of sp³-hybridized carbons (Fsp3) is 0.333. The maximum atomic E-state index is 13.9. The summed E-state index contributed by atoms with van der Waals surface area (Å²) in [5.41, 5.74) is -0.128. The van der Waals surface area contributed by atoms with E-state index in [9.17, 15) is 26.0 Å². The van der Waals surface area contributed by atoms with Crippen LogP contribution in [0.1, 0.15) is 25.5 Å². The van der Waals surface area contributed by atoms with E-state index in [-0.39, 0.29) is 23.1 Å². The highest BCUT2D eigenvalue weighted by atomic mass is 32.2. The van der Waals surface area contributed by atoms with Gasteiger partial charge in [0.15, 0.2) is 5.65 Å². The first kappa shape index (κ1) is 21.2. The van der Waals surface area contributed by atoms with Gasteiger partial charge in [-0.05, 0) is 36.8 Å². The molecule has 2 aromatic heterocycles. The highest BCUT2D eigenvalue weighted by Crippen LogP contribution is 2.41. The van der Waals surface area contributed by atoms with Crippen LogP contribution in [0.3, 0.4) is 0 Å². The van der Waals surface area contributed by atoms with E-state index < -0.39 is 39.6 Å². The van der Waals surface area contributed by atoms with Crippen LogP contribution in [0.25, 0.3) is 11.0 Å². The molecule has 3 rings (SSSR count). The number of alkyl halides is 3. The molecule has 3 aromatic rings. The summed E-state index contributed by atoms with van der Waals surface area (Å²) >= 11 is 0. The summed E-state index contributed by atoms with van der Waals surface area (Å²) in [5.74, 6) is -0.723. The maximum Gasteiger partial charge on any atom is 0.409 e. The lowest BCUT2D eigenvalue weighted by molar-refractivity contribution is -0.173. The Balaban J connectivity index is 2.20. The Hall–Kier alpha value is -2.53. The molecule has 11 heteroatoms. The molecule has 156 valence electrons. The van der Waals surface area contributed by atoms with Crippen molar-refractivity contribution in [2.75, 3.05) is 6.54 Å². The Kier molecular flexibility index (Phi) is 5.63. The second-order valence-electron chi connectivity index (χ2n) is 6.20. The van der Waals surface area contributed by atoms with Crippen molar-refractivity contribution in [2.24, 2.45) is 0 Å². The summed E-state index contributed by atoms with van der Waals surface area (Å²) < 4.78 is 83.2. The third-order valence-electron chi connectivity index (χ3n) is 4.42. The number of nitrogens with zero attached hydrogens (tertiary/aromatic N) is 4. The van der Waals surface area contributed by atoms with Gasteiger partial charge in [0.2, 0.25) is 5.03 Å². The van der Waals surface area contributed by atoms with Crippen molar-refractivity contribution >= 4 is 21.1 Å². The van der Waals surface area contributed by atoms with E-state index in [2.05, 4.69) is 10.1 Å². The van der Waals surface area contributed by atoms with Crippen LogP contribution in [0.15, 0.2) is 47.6 Å². The lowest BCUT2D eigenvalue weighted by Gasteiger charge is -2.31. The molecule has 0 bridgehead atoms. The maximum absolute atomic E-state index is 13.9. The average molecular weight is 430 g/mol. The topological polar surface area (TPSA) is 68.1 Å². The molecule has 0 aliphatic rings. The van der Waals surface area contributed by atoms with Gasteiger partial charge < -0.3 is 0 Å². The number of sulfonamides is 1. The van der Waals surface area contributed by atoms with Gasteiger partial charge in [0.25, 0.3) is 10.0 Å². The first-order chi connectivity index (χ1) is 13.6. The lowest BCUT2D eigenvalue weighted by Crippen LogP contribution is -2.42. The van der Waals surface area contributed by atoms with Gasteiger partial charge in [0.05, 0.1) is 5.39 Å². The molecule has 1 atom stereocenters. The fourth-order valence-corrected chi connectivity index (χ4v) is 4.88. The SMILES string of the molecule is CCN(C(c1ccc(F)cc1)C(F)(F)F)S(=O)(=O)c1nn(CC)c2ncccc12. The Morgan fingerprint density at radius 1 is 1.14 bits per heavy atom. The highest BCUT2D eigenvalue weighted by Gasteiger charge is 2.49. The summed E-state index contributed by atoms with van der Waals surface area (Å²) in [5, 5.41) is 3.65. The van der Waals surface area contributed by atoms with E-state index in [0.717, 1.165) is 24.3 Å². The number of pyridine rings is 1. The first-order valence-electron chi connectivity index (χ1n) is 8.76. The van der Waals surface area contributed by atoms with Gasteiger partial charge in [-0.3, -0.25) is 0 Å². The largest absolute Gasteiger partial charge is 0.409 e. The summed E-state index contributed by atoms with van der Waals surface area (Å²) in [4.78, 5) is 4.09. The summed E-state index contributed by atoms with van der Waals surface area (Å²) in [6.07, 6.45) is -3.48. The van der Waals surface area contributed by atoms with Crippen LogP contribution in [0, 0.1) is 5.82 Å². The number of aryl methyl sites for hydroxylation is 1. The van der Waals surface area contributed by atoms with Crippen molar-refractivity contribution in [3.8, 4) is 0 Å². The molecule has 0 aliphatic carbocycles. The van der Waals surface area contributed by atoms with E-state index >= 15 is 0 Å². The van der Waals surface area contributed by atoms with Gasteiger partial charge in [-0.25, -0.2) is 22.5 Å². The minimum atomic E-state index is -4.93. The highest BCUT2D eigenvalue weighted by molar-refractivity contribution is 7.89. The van der Waals surface area contributed by atoms with Crippen LogP contribution in [-0.4, -0.2) is 40.2 Å². The Bertz CT molecular complexity index is 1110. The zero-order valence-electron chi connectivity index (χ0n) is 15.6. The average Bonchev–Trinajstić information content (AvgIpc) is 3.05. The van der Waals surface area contributed by atoms with Crippen molar-refractivity contribution in [3.05, 3.63) is 54.0 Å². The Morgan fingerprint density at radius 2 is 1.79 bits per heavy atom. The van der Waals surface area contributed by atoms with E-state index in [1.807, 2.05) is 0 Å². The third-order valence-corrected chi connectivity index (χ3v) is 6.30. The van der Waals surface area contributed by atoms with Gasteiger partial charge in [-0.2, -0.15) is 22.6 Å². The summed E-state index contributed by atoms with van der Waals surface area (Å²) in [6.45, 7) is 2.84. The van der Waals surface area contributed by atoms with E-state index in [4.69, 9.17) is 0 Å². The first-order valence-corrected chi connectivity index (χ1v) is 10.2. The van der Waals surface area contributed by atoms with Crippen molar-refractivity contribution < 1.29 is 26.0 Å². The van der Waals surface area contributed by atoms with Crippen LogP contribution < -0.4 is 0 Å². The predicted molar refractivity (Wildman–Crippen MR) is 98.0 cm³/mol. The van der Waals surface area contributed by atoms with Crippen LogP contribution in [0.2, 0.25) is 0 Å².